The van der Waals surface area contributed by atoms with Gasteiger partial charge >= 0.3 is 0 Å². The zero-order valence-electron chi connectivity index (χ0n) is 9.88. The van der Waals surface area contributed by atoms with Crippen LogP contribution in [-0.4, -0.2) is 5.78 Å². The molecule has 0 N–H and O–H groups in total. The highest BCUT2D eigenvalue weighted by Gasteiger charge is 2.28. The van der Waals surface area contributed by atoms with Gasteiger partial charge in [-0.1, -0.05) is 13.0 Å². The molecule has 0 aliphatic heterocycles. The Kier molecular flexibility index (Phi) is 3.55. The van der Waals surface area contributed by atoms with Crippen molar-refractivity contribution >= 4 is 5.78 Å². The zero-order chi connectivity index (χ0) is 12.4. The van der Waals surface area contributed by atoms with Crippen LogP contribution in [0.15, 0.2) is 18.2 Å². The van der Waals surface area contributed by atoms with Crippen molar-refractivity contribution < 1.29 is 13.6 Å². The molecule has 0 radical (unpaired) electrons. The molecule has 0 saturated heterocycles. The molecule has 0 spiro atoms. The van der Waals surface area contributed by atoms with E-state index in [2.05, 4.69) is 6.92 Å². The van der Waals surface area contributed by atoms with Crippen LogP contribution in [0.3, 0.4) is 0 Å². The van der Waals surface area contributed by atoms with Crippen molar-refractivity contribution in [1.29, 1.82) is 0 Å². The normalized spacial score (nSPS) is 23.9. The molecule has 0 heterocycles. The van der Waals surface area contributed by atoms with Crippen molar-refractivity contribution in [2.24, 2.45) is 11.8 Å². The molecule has 1 saturated carbocycles. The van der Waals surface area contributed by atoms with E-state index in [9.17, 15) is 13.6 Å². The van der Waals surface area contributed by atoms with Crippen molar-refractivity contribution in [3.05, 3.63) is 35.4 Å². The monoisotopic (exact) mass is 238 g/mol. The third kappa shape index (κ3) is 2.71. The topological polar surface area (TPSA) is 17.1 Å². The van der Waals surface area contributed by atoms with E-state index in [-0.39, 0.29) is 23.7 Å². The van der Waals surface area contributed by atoms with Crippen LogP contribution < -0.4 is 0 Å². The largest absolute Gasteiger partial charge is 0.299 e. The van der Waals surface area contributed by atoms with Crippen molar-refractivity contribution in [1.82, 2.24) is 0 Å². The number of benzene rings is 1. The fourth-order valence-corrected chi connectivity index (χ4v) is 2.52. The highest BCUT2D eigenvalue weighted by atomic mass is 19.1. The average Bonchev–Trinajstić information content (AvgIpc) is 2.70. The van der Waals surface area contributed by atoms with E-state index in [4.69, 9.17) is 0 Å². The first kappa shape index (κ1) is 12.2. The van der Waals surface area contributed by atoms with Gasteiger partial charge in [-0.2, -0.15) is 0 Å². The molecule has 1 aliphatic carbocycles. The van der Waals surface area contributed by atoms with Crippen molar-refractivity contribution in [3.63, 3.8) is 0 Å². The first-order chi connectivity index (χ1) is 8.08. The molecule has 92 valence electrons. The summed E-state index contributed by atoms with van der Waals surface area (Å²) in [6.07, 6.45) is 2.64. The molecule has 1 aromatic rings. The number of hydrogen-bond acceptors (Lipinski definition) is 1. The number of Topliss-reactive ketones (excluding diaryl/α,β-unsaturated/α-hetero) is 1. The van der Waals surface area contributed by atoms with Crippen LogP contribution in [0, 0.1) is 23.5 Å². The first-order valence-corrected chi connectivity index (χ1v) is 6.03. The van der Waals surface area contributed by atoms with E-state index in [0.29, 0.717) is 5.92 Å². The predicted octanol–water partition coefficient (Wildman–Crippen LogP) is 3.51. The van der Waals surface area contributed by atoms with Gasteiger partial charge in [0.2, 0.25) is 0 Å². The van der Waals surface area contributed by atoms with Crippen molar-refractivity contribution in [2.45, 2.75) is 32.6 Å². The molecule has 2 atom stereocenters. The van der Waals surface area contributed by atoms with Gasteiger partial charge in [0.05, 0.1) is 0 Å². The Hall–Kier alpha value is -1.25. The van der Waals surface area contributed by atoms with Crippen LogP contribution >= 0.6 is 0 Å². The minimum atomic E-state index is -0.621. The fourth-order valence-electron chi connectivity index (χ4n) is 2.52. The van der Waals surface area contributed by atoms with E-state index in [1.807, 2.05) is 0 Å². The van der Waals surface area contributed by atoms with Gasteiger partial charge in [-0.15, -0.1) is 0 Å². The molecule has 0 amide bonds. The lowest BCUT2D eigenvalue weighted by Gasteiger charge is -2.09. The molecular formula is C14H16F2O. The van der Waals surface area contributed by atoms with Crippen LogP contribution in [0.2, 0.25) is 0 Å². The van der Waals surface area contributed by atoms with Crippen molar-refractivity contribution in [3.8, 4) is 0 Å². The van der Waals surface area contributed by atoms with E-state index in [0.717, 1.165) is 19.3 Å². The summed E-state index contributed by atoms with van der Waals surface area (Å²) >= 11 is 0. The second-order valence-electron chi connectivity index (χ2n) is 4.96. The standard InChI is InChI=1S/C14H16F2O/c1-9-5-6-10(7-9)14(17)8-11-12(15)3-2-4-13(11)16/h2-4,9-10H,5-8H2,1H3. The van der Waals surface area contributed by atoms with E-state index >= 15 is 0 Å². The molecule has 1 nitrogen and oxygen atoms in total. The Morgan fingerprint density at radius 2 is 1.94 bits per heavy atom. The number of rotatable bonds is 3. The molecule has 1 fully saturated rings. The quantitative estimate of drug-likeness (QED) is 0.787. The minimum absolute atomic E-state index is 0.0102. The molecule has 0 aromatic heterocycles. The van der Waals surface area contributed by atoms with E-state index in [1.54, 1.807) is 0 Å². The van der Waals surface area contributed by atoms with Gasteiger partial charge in [-0.3, -0.25) is 4.79 Å². The highest BCUT2D eigenvalue weighted by Crippen LogP contribution is 2.32. The lowest BCUT2D eigenvalue weighted by Crippen LogP contribution is -2.15. The summed E-state index contributed by atoms with van der Waals surface area (Å²) in [5.74, 6) is -0.731. The van der Waals surface area contributed by atoms with Gasteiger partial charge in [-0.05, 0) is 37.3 Å². The summed E-state index contributed by atoms with van der Waals surface area (Å²) in [5.41, 5.74) is -0.0861. The number of carbonyl (C=O) groups excluding carboxylic acids is 1. The summed E-state index contributed by atoms with van der Waals surface area (Å²) < 4.78 is 26.8. The fraction of sp³-hybridized carbons (Fsp3) is 0.500. The maximum atomic E-state index is 13.4. The molecule has 1 aromatic carbocycles. The SMILES string of the molecule is CC1CCC(C(=O)Cc2c(F)cccc2F)C1. The zero-order valence-corrected chi connectivity index (χ0v) is 9.88. The van der Waals surface area contributed by atoms with Crippen LogP contribution in [0.4, 0.5) is 8.78 Å². The maximum Gasteiger partial charge on any atom is 0.140 e. The van der Waals surface area contributed by atoms with Gasteiger partial charge in [0.15, 0.2) is 0 Å². The molecule has 2 rings (SSSR count). The van der Waals surface area contributed by atoms with Gasteiger partial charge < -0.3 is 0 Å². The third-order valence-corrected chi connectivity index (χ3v) is 3.56. The molecule has 2 unspecified atom stereocenters. The molecule has 17 heavy (non-hydrogen) atoms. The Morgan fingerprint density at radius 1 is 1.29 bits per heavy atom. The molecule has 3 heteroatoms. The predicted molar refractivity (Wildman–Crippen MR) is 61.6 cm³/mol. The van der Waals surface area contributed by atoms with Gasteiger partial charge in [0.25, 0.3) is 0 Å². The lowest BCUT2D eigenvalue weighted by atomic mass is 9.95. The molecular weight excluding hydrogens is 222 g/mol. The summed E-state index contributed by atoms with van der Waals surface area (Å²) in [4.78, 5) is 11.9. The van der Waals surface area contributed by atoms with Crippen LogP contribution in [0.5, 0.6) is 0 Å². The summed E-state index contributed by atoms with van der Waals surface area (Å²) in [7, 11) is 0. The summed E-state index contributed by atoms with van der Waals surface area (Å²) in [6.45, 7) is 2.11. The van der Waals surface area contributed by atoms with Crippen molar-refractivity contribution in [2.75, 3.05) is 0 Å². The number of ketones is 1. The third-order valence-electron chi connectivity index (χ3n) is 3.56. The van der Waals surface area contributed by atoms with E-state index < -0.39 is 11.6 Å². The lowest BCUT2D eigenvalue weighted by molar-refractivity contribution is -0.122. The smallest absolute Gasteiger partial charge is 0.140 e. The van der Waals surface area contributed by atoms with Gasteiger partial charge in [0.1, 0.15) is 17.4 Å². The first-order valence-electron chi connectivity index (χ1n) is 6.03. The highest BCUT2D eigenvalue weighted by molar-refractivity contribution is 5.83. The number of hydrogen-bond donors (Lipinski definition) is 0. The molecule has 0 bridgehead atoms. The van der Waals surface area contributed by atoms with Crippen LogP contribution in [0.1, 0.15) is 31.7 Å². The maximum absolute atomic E-state index is 13.4. The van der Waals surface area contributed by atoms with Crippen LogP contribution in [-0.2, 0) is 11.2 Å². The number of halogens is 2. The molecule has 1 aliphatic rings. The minimum Gasteiger partial charge on any atom is -0.299 e. The summed E-state index contributed by atoms with van der Waals surface area (Å²) in [6, 6.07) is 3.71. The Morgan fingerprint density at radius 3 is 2.47 bits per heavy atom. The second-order valence-corrected chi connectivity index (χ2v) is 4.96. The second kappa shape index (κ2) is 4.94. The van der Waals surface area contributed by atoms with Gasteiger partial charge in [0, 0.05) is 17.9 Å². The van der Waals surface area contributed by atoms with E-state index in [1.165, 1.54) is 18.2 Å². The summed E-state index contributed by atoms with van der Waals surface area (Å²) in [5, 5.41) is 0. The number of carbonyl (C=O) groups is 1. The van der Waals surface area contributed by atoms with Gasteiger partial charge in [-0.25, -0.2) is 8.78 Å². The Labute approximate surface area is 99.8 Å². The average molecular weight is 238 g/mol. The Balaban J connectivity index is 2.08. The van der Waals surface area contributed by atoms with Crippen LogP contribution in [0.25, 0.3) is 0 Å². The Bertz CT molecular complexity index is 408.